The van der Waals surface area contributed by atoms with E-state index >= 15 is 0 Å². The quantitative estimate of drug-likeness (QED) is 0.592. The van der Waals surface area contributed by atoms with Gasteiger partial charge < -0.3 is 9.64 Å². The molecule has 2 aliphatic rings. The molecule has 1 aliphatic heterocycles. The number of ether oxygens (including phenoxy) is 1. The Morgan fingerprint density at radius 3 is 2.92 bits per heavy atom. The highest BCUT2D eigenvalue weighted by Crippen LogP contribution is 2.51. The lowest BCUT2D eigenvalue weighted by atomic mass is 10.1. The van der Waals surface area contributed by atoms with Crippen LogP contribution < -0.4 is 0 Å². The fourth-order valence-corrected chi connectivity index (χ4v) is 2.50. The summed E-state index contributed by atoms with van der Waals surface area (Å²) in [7, 11) is 2.12. The van der Waals surface area contributed by atoms with Gasteiger partial charge in [-0.25, -0.2) is 0 Å². The largest absolute Gasteiger partial charge is 0.466 e. The Labute approximate surface area is 79.0 Å². The highest BCUT2D eigenvalue weighted by atomic mass is 16.5. The van der Waals surface area contributed by atoms with Crippen molar-refractivity contribution >= 4 is 5.97 Å². The van der Waals surface area contributed by atoms with Gasteiger partial charge in [0.25, 0.3) is 0 Å². The Morgan fingerprint density at radius 2 is 2.31 bits per heavy atom. The summed E-state index contributed by atoms with van der Waals surface area (Å²) in [5.74, 6) is 1.49. The Hall–Kier alpha value is -0.570. The van der Waals surface area contributed by atoms with Crippen LogP contribution in [-0.2, 0) is 9.53 Å². The van der Waals surface area contributed by atoms with Crippen LogP contribution in [0.25, 0.3) is 0 Å². The van der Waals surface area contributed by atoms with Crippen LogP contribution in [0, 0.1) is 17.8 Å². The van der Waals surface area contributed by atoms with Crippen LogP contribution in [0.1, 0.15) is 13.3 Å². The molecule has 3 unspecified atom stereocenters. The number of rotatable bonds is 2. The van der Waals surface area contributed by atoms with Crippen LogP contribution in [0.3, 0.4) is 0 Å². The van der Waals surface area contributed by atoms with Crippen molar-refractivity contribution in [3.8, 4) is 0 Å². The summed E-state index contributed by atoms with van der Waals surface area (Å²) in [4.78, 5) is 13.7. The minimum absolute atomic E-state index is 0.0350. The minimum Gasteiger partial charge on any atom is -0.466 e. The second kappa shape index (κ2) is 3.29. The third kappa shape index (κ3) is 1.57. The van der Waals surface area contributed by atoms with Gasteiger partial charge >= 0.3 is 5.97 Å². The maximum Gasteiger partial charge on any atom is 0.309 e. The van der Waals surface area contributed by atoms with Crippen LogP contribution in [-0.4, -0.2) is 37.6 Å². The van der Waals surface area contributed by atoms with E-state index < -0.39 is 0 Å². The normalized spacial score (nSPS) is 38.2. The van der Waals surface area contributed by atoms with E-state index in [1.54, 1.807) is 0 Å². The number of likely N-dealkylation sites (tertiary alicyclic amines) is 1. The molecule has 1 saturated carbocycles. The number of carbonyl (C=O) groups is 1. The summed E-state index contributed by atoms with van der Waals surface area (Å²) in [6.07, 6.45) is 1.17. The van der Waals surface area contributed by atoms with Gasteiger partial charge in [0.05, 0.1) is 12.5 Å². The van der Waals surface area contributed by atoms with Crippen molar-refractivity contribution in [3.05, 3.63) is 0 Å². The molecule has 0 bridgehead atoms. The van der Waals surface area contributed by atoms with Crippen LogP contribution in [0.15, 0.2) is 0 Å². The maximum absolute atomic E-state index is 11.4. The van der Waals surface area contributed by atoms with Crippen LogP contribution in [0.2, 0.25) is 0 Å². The van der Waals surface area contributed by atoms with Crippen molar-refractivity contribution in [2.24, 2.45) is 17.8 Å². The molecule has 74 valence electrons. The van der Waals surface area contributed by atoms with E-state index in [0.29, 0.717) is 18.4 Å². The zero-order valence-electron chi connectivity index (χ0n) is 8.32. The number of carbonyl (C=O) groups excluding carboxylic acids is 1. The standard InChI is InChI=1S/C10H17NO2/c1-3-13-10(12)9-7-4-5-11(2)6-8(7)9/h7-9H,3-6H2,1-2H3. The lowest BCUT2D eigenvalue weighted by Crippen LogP contribution is -2.27. The first-order chi connectivity index (χ1) is 6.24. The highest BCUT2D eigenvalue weighted by molar-refractivity contribution is 5.76. The predicted octanol–water partition coefficient (Wildman–Crippen LogP) is 0.747. The fourth-order valence-electron chi connectivity index (χ4n) is 2.50. The van der Waals surface area contributed by atoms with Gasteiger partial charge in [-0.2, -0.15) is 0 Å². The molecule has 13 heavy (non-hydrogen) atoms. The second-order valence-corrected chi connectivity index (χ2v) is 4.16. The smallest absolute Gasteiger partial charge is 0.309 e. The highest BCUT2D eigenvalue weighted by Gasteiger charge is 2.56. The van der Waals surface area contributed by atoms with Gasteiger partial charge in [0.2, 0.25) is 0 Å². The van der Waals surface area contributed by atoms with Crippen LogP contribution >= 0.6 is 0 Å². The maximum atomic E-state index is 11.4. The van der Waals surface area contributed by atoms with Crippen molar-refractivity contribution in [2.45, 2.75) is 13.3 Å². The summed E-state index contributed by atoms with van der Waals surface area (Å²) in [6, 6.07) is 0. The molecular weight excluding hydrogens is 166 g/mol. The molecule has 0 N–H and O–H groups in total. The predicted molar refractivity (Wildman–Crippen MR) is 49.2 cm³/mol. The molecular formula is C10H17NO2. The zero-order chi connectivity index (χ0) is 9.42. The Balaban J connectivity index is 1.88. The monoisotopic (exact) mass is 183 g/mol. The van der Waals surface area contributed by atoms with E-state index in [2.05, 4.69) is 11.9 Å². The van der Waals surface area contributed by atoms with Gasteiger partial charge in [0, 0.05) is 6.54 Å². The van der Waals surface area contributed by atoms with Crippen LogP contribution in [0.5, 0.6) is 0 Å². The van der Waals surface area contributed by atoms with Gasteiger partial charge in [-0.1, -0.05) is 0 Å². The fraction of sp³-hybridized carbons (Fsp3) is 0.900. The van der Waals surface area contributed by atoms with E-state index in [1.807, 2.05) is 6.92 Å². The average molecular weight is 183 g/mol. The molecule has 1 aliphatic carbocycles. The van der Waals surface area contributed by atoms with E-state index in [1.165, 1.54) is 6.42 Å². The van der Waals surface area contributed by atoms with Gasteiger partial charge in [0.15, 0.2) is 0 Å². The van der Waals surface area contributed by atoms with Gasteiger partial charge in [0.1, 0.15) is 0 Å². The lowest BCUT2D eigenvalue weighted by molar-refractivity contribution is -0.145. The Bertz CT molecular complexity index is 217. The number of fused-ring (bicyclic) bond motifs is 1. The molecule has 2 rings (SSSR count). The summed E-state index contributed by atoms with van der Waals surface area (Å²) in [5.41, 5.74) is 0. The number of piperidine rings is 1. The van der Waals surface area contributed by atoms with Gasteiger partial charge in [-0.15, -0.1) is 0 Å². The molecule has 0 aromatic carbocycles. The summed E-state index contributed by atoms with van der Waals surface area (Å²) < 4.78 is 5.04. The summed E-state index contributed by atoms with van der Waals surface area (Å²) in [6.45, 7) is 4.60. The van der Waals surface area contributed by atoms with Gasteiger partial charge in [-0.3, -0.25) is 4.79 Å². The molecule has 3 atom stereocenters. The average Bonchev–Trinajstić information content (AvgIpc) is 2.77. The van der Waals surface area contributed by atoms with Crippen molar-refractivity contribution in [1.82, 2.24) is 4.90 Å². The molecule has 0 amide bonds. The van der Waals surface area contributed by atoms with E-state index in [9.17, 15) is 4.79 Å². The SMILES string of the molecule is CCOC(=O)C1C2CCN(C)CC21. The Morgan fingerprint density at radius 1 is 1.54 bits per heavy atom. The van der Waals surface area contributed by atoms with E-state index in [-0.39, 0.29) is 11.9 Å². The van der Waals surface area contributed by atoms with Crippen molar-refractivity contribution < 1.29 is 9.53 Å². The molecule has 0 aromatic rings. The first-order valence-corrected chi connectivity index (χ1v) is 5.09. The molecule has 2 fully saturated rings. The third-order valence-corrected chi connectivity index (χ3v) is 3.26. The number of hydrogen-bond acceptors (Lipinski definition) is 3. The number of hydrogen-bond donors (Lipinski definition) is 0. The Kier molecular flexibility index (Phi) is 2.28. The molecule has 3 heteroatoms. The first-order valence-electron chi connectivity index (χ1n) is 5.09. The van der Waals surface area contributed by atoms with Gasteiger partial charge in [-0.05, 0) is 38.8 Å². The topological polar surface area (TPSA) is 29.5 Å². The zero-order valence-corrected chi connectivity index (χ0v) is 8.32. The van der Waals surface area contributed by atoms with E-state index in [0.717, 1.165) is 13.1 Å². The molecule has 0 spiro atoms. The van der Waals surface area contributed by atoms with Crippen molar-refractivity contribution in [2.75, 3.05) is 26.7 Å². The first kappa shape index (κ1) is 9.00. The molecule has 0 radical (unpaired) electrons. The summed E-state index contributed by atoms with van der Waals surface area (Å²) >= 11 is 0. The lowest BCUT2D eigenvalue weighted by Gasteiger charge is -2.20. The second-order valence-electron chi connectivity index (χ2n) is 4.16. The van der Waals surface area contributed by atoms with Crippen LogP contribution in [0.4, 0.5) is 0 Å². The summed E-state index contributed by atoms with van der Waals surface area (Å²) in [5, 5.41) is 0. The molecule has 1 saturated heterocycles. The minimum atomic E-state index is 0.0350. The molecule has 3 nitrogen and oxygen atoms in total. The molecule has 1 heterocycles. The van der Waals surface area contributed by atoms with Crippen molar-refractivity contribution in [1.29, 1.82) is 0 Å². The number of nitrogens with zero attached hydrogens (tertiary/aromatic N) is 1. The molecule has 0 aromatic heterocycles. The number of esters is 1. The van der Waals surface area contributed by atoms with E-state index in [4.69, 9.17) is 4.74 Å². The van der Waals surface area contributed by atoms with Crippen molar-refractivity contribution in [3.63, 3.8) is 0 Å². The third-order valence-electron chi connectivity index (χ3n) is 3.26.